The maximum absolute atomic E-state index is 13.8. The predicted octanol–water partition coefficient (Wildman–Crippen LogP) is 3.77. The highest BCUT2D eigenvalue weighted by Crippen LogP contribution is 2.40. The predicted molar refractivity (Wildman–Crippen MR) is 157 cm³/mol. The van der Waals surface area contributed by atoms with Gasteiger partial charge in [-0.3, -0.25) is 9.20 Å². The Labute approximate surface area is 247 Å². The molecule has 6 heterocycles. The number of anilines is 1. The van der Waals surface area contributed by atoms with Gasteiger partial charge >= 0.3 is 6.55 Å². The van der Waals surface area contributed by atoms with Gasteiger partial charge in [0.15, 0.2) is 5.88 Å². The normalized spacial score (nSPS) is 21.9. The van der Waals surface area contributed by atoms with Crippen LogP contribution in [-0.4, -0.2) is 76.2 Å². The van der Waals surface area contributed by atoms with Crippen molar-refractivity contribution in [3.05, 3.63) is 41.6 Å². The summed E-state index contributed by atoms with van der Waals surface area (Å²) in [6, 6.07) is 8.44. The zero-order valence-electron chi connectivity index (χ0n) is 24.1. The number of nitrogens with zero attached hydrogens (tertiary/aromatic N) is 6. The Hall–Kier alpha value is -3.78. The van der Waals surface area contributed by atoms with Gasteiger partial charge in [0.05, 0.1) is 24.8 Å². The molecule has 0 radical (unpaired) electrons. The third kappa shape index (κ3) is 4.53. The molecule has 4 aromatic heterocycles. The molecule has 0 aromatic carbocycles. The first-order valence-electron chi connectivity index (χ1n) is 14.4. The number of carbonyl (C=O) groups is 1. The molecule has 0 spiro atoms. The van der Waals surface area contributed by atoms with Gasteiger partial charge in [0.25, 0.3) is 5.91 Å². The van der Waals surface area contributed by atoms with Crippen molar-refractivity contribution in [3.8, 4) is 17.3 Å². The number of aryl methyl sites for hydroxylation is 1. The van der Waals surface area contributed by atoms with Crippen molar-refractivity contribution in [2.45, 2.75) is 70.2 Å². The van der Waals surface area contributed by atoms with Crippen LogP contribution in [0.1, 0.15) is 48.2 Å². The molecule has 11 nitrogen and oxygen atoms in total. The van der Waals surface area contributed by atoms with Crippen LogP contribution in [0.4, 0.5) is 14.6 Å². The fraction of sp³-hybridized carbons (Fsp3) is 0.483. The average Bonchev–Trinajstić information content (AvgIpc) is 3.27. The molecule has 43 heavy (non-hydrogen) atoms. The number of hydrogen-bond donors (Lipinski definition) is 1. The lowest BCUT2D eigenvalue weighted by atomic mass is 9.97. The number of aromatic nitrogens is 4. The molecule has 2 aliphatic heterocycles. The fourth-order valence-corrected chi connectivity index (χ4v) is 7.62. The standard InChI is InChI=1S/C29H33F2N7O4S/c1-15-26(33-24-11-18(12-25(42-2)36(15)24)28(39)37-19-7-8-21(37)20(32)13-19)22-10-17-6-9-23(38(29(30)31)43(3,40)41)34-27(17)35(22)14-16-4-5-16/h6,9-12,16,19-21,29H,4-5,7-8,13-14,32H2,1-3H3/t19-,20+,21+/m0/s1. The molecule has 4 aromatic rings. The van der Waals surface area contributed by atoms with Crippen molar-refractivity contribution in [2.75, 3.05) is 17.7 Å². The minimum atomic E-state index is -4.27. The van der Waals surface area contributed by atoms with E-state index in [4.69, 9.17) is 15.5 Å². The highest BCUT2D eigenvalue weighted by Gasteiger charge is 2.47. The lowest BCUT2D eigenvalue weighted by Gasteiger charge is -2.23. The van der Waals surface area contributed by atoms with E-state index in [9.17, 15) is 22.0 Å². The Morgan fingerprint density at radius 3 is 2.53 bits per heavy atom. The second-order valence-corrected chi connectivity index (χ2v) is 13.8. The van der Waals surface area contributed by atoms with Gasteiger partial charge in [-0.2, -0.15) is 13.1 Å². The second-order valence-electron chi connectivity index (χ2n) is 11.9. The SMILES string of the molecule is COc1cc(C(=O)N2[C@H]3CC[C@@H]2[C@H](N)C3)cc2nc(-c3cc4ccc(N(C(F)F)S(C)(=O)=O)nc4n3CC3CC3)c(C)n12. The first-order chi connectivity index (χ1) is 20.5. The fourth-order valence-electron chi connectivity index (χ4n) is 6.89. The number of halogens is 2. The molecule has 1 amide bonds. The maximum atomic E-state index is 13.8. The summed E-state index contributed by atoms with van der Waals surface area (Å²) in [5, 5.41) is 0.669. The van der Waals surface area contributed by atoms with E-state index in [2.05, 4.69) is 4.98 Å². The summed E-state index contributed by atoms with van der Waals surface area (Å²) in [5.41, 5.74) is 9.81. The van der Waals surface area contributed by atoms with Crippen molar-refractivity contribution in [3.63, 3.8) is 0 Å². The van der Waals surface area contributed by atoms with Gasteiger partial charge in [-0.15, -0.1) is 0 Å². The first-order valence-corrected chi connectivity index (χ1v) is 16.2. The van der Waals surface area contributed by atoms with Crippen LogP contribution in [-0.2, 0) is 16.6 Å². The van der Waals surface area contributed by atoms with E-state index in [0.29, 0.717) is 52.0 Å². The highest BCUT2D eigenvalue weighted by atomic mass is 32.2. The van der Waals surface area contributed by atoms with Gasteiger partial charge in [0.2, 0.25) is 10.0 Å². The zero-order chi connectivity index (χ0) is 30.4. The van der Waals surface area contributed by atoms with Gasteiger partial charge < -0.3 is 19.9 Å². The van der Waals surface area contributed by atoms with Crippen LogP contribution in [0.25, 0.3) is 28.1 Å². The number of imidazole rings is 1. The summed E-state index contributed by atoms with van der Waals surface area (Å²) in [6.45, 7) is -0.795. The topological polar surface area (TPSA) is 128 Å². The molecule has 14 heteroatoms. The van der Waals surface area contributed by atoms with Crippen LogP contribution >= 0.6 is 0 Å². The molecule has 228 valence electrons. The summed E-state index contributed by atoms with van der Waals surface area (Å²) < 4.78 is 61.5. The zero-order valence-corrected chi connectivity index (χ0v) is 24.9. The molecular weight excluding hydrogens is 580 g/mol. The van der Waals surface area contributed by atoms with E-state index >= 15 is 0 Å². The largest absolute Gasteiger partial charge is 0.482 e. The summed E-state index contributed by atoms with van der Waals surface area (Å²) in [4.78, 5) is 25.0. The third-order valence-electron chi connectivity index (χ3n) is 9.06. The van der Waals surface area contributed by atoms with E-state index in [-0.39, 0.29) is 34.2 Å². The lowest BCUT2D eigenvalue weighted by Crippen LogP contribution is -2.40. The number of hydrogen-bond acceptors (Lipinski definition) is 7. The number of amides is 1. The number of carbonyl (C=O) groups excluding carboxylic acids is 1. The number of fused-ring (bicyclic) bond motifs is 4. The Balaban J connectivity index is 1.36. The summed E-state index contributed by atoms with van der Waals surface area (Å²) in [7, 11) is -2.72. The van der Waals surface area contributed by atoms with Crippen LogP contribution in [0.3, 0.4) is 0 Å². The molecule has 3 aliphatic rings. The van der Waals surface area contributed by atoms with Gasteiger partial charge in [-0.25, -0.2) is 18.4 Å². The number of alkyl halides is 2. The van der Waals surface area contributed by atoms with E-state index in [1.165, 1.54) is 6.07 Å². The van der Waals surface area contributed by atoms with Crippen LogP contribution < -0.4 is 14.8 Å². The van der Waals surface area contributed by atoms with Gasteiger partial charge in [-0.1, -0.05) is 0 Å². The second kappa shape index (κ2) is 9.88. The van der Waals surface area contributed by atoms with Gasteiger partial charge in [-0.05, 0) is 69.2 Å². The molecule has 2 saturated heterocycles. The third-order valence-corrected chi connectivity index (χ3v) is 10.1. The molecule has 2 N–H and O–H groups in total. The van der Waals surface area contributed by atoms with Crippen LogP contribution in [0.2, 0.25) is 0 Å². The highest BCUT2D eigenvalue weighted by molar-refractivity contribution is 7.92. The first kappa shape index (κ1) is 28.0. The number of methoxy groups -OCH3 is 1. The molecule has 3 fully saturated rings. The monoisotopic (exact) mass is 613 g/mol. The van der Waals surface area contributed by atoms with Crippen LogP contribution in [0.15, 0.2) is 30.3 Å². The quantitative estimate of drug-likeness (QED) is 0.300. The number of nitrogens with two attached hydrogens (primary N) is 1. The van der Waals surface area contributed by atoms with Crippen molar-refractivity contribution < 1.29 is 26.7 Å². The summed E-state index contributed by atoms with van der Waals surface area (Å²) in [5.74, 6) is 0.412. The van der Waals surface area contributed by atoms with E-state index in [0.717, 1.165) is 44.1 Å². The number of sulfonamides is 1. The minimum Gasteiger partial charge on any atom is -0.482 e. The molecular formula is C29H33F2N7O4S. The van der Waals surface area contributed by atoms with Crippen LogP contribution in [0.5, 0.6) is 5.88 Å². The number of ether oxygens (including phenoxy) is 1. The molecule has 2 bridgehead atoms. The van der Waals surface area contributed by atoms with Crippen LogP contribution in [0, 0.1) is 12.8 Å². The summed E-state index contributed by atoms with van der Waals surface area (Å²) >= 11 is 0. The Kier molecular flexibility index (Phi) is 6.43. The van der Waals surface area contributed by atoms with Crippen molar-refractivity contribution in [2.24, 2.45) is 11.7 Å². The van der Waals surface area contributed by atoms with Crippen molar-refractivity contribution >= 4 is 38.4 Å². The summed E-state index contributed by atoms with van der Waals surface area (Å²) in [6.07, 6.45) is 5.45. The van der Waals surface area contributed by atoms with E-state index in [1.54, 1.807) is 25.3 Å². The number of rotatable bonds is 8. The lowest BCUT2D eigenvalue weighted by molar-refractivity contribution is 0.0726. The Morgan fingerprint density at radius 1 is 1.16 bits per heavy atom. The smallest absolute Gasteiger partial charge is 0.329 e. The van der Waals surface area contributed by atoms with E-state index < -0.39 is 16.6 Å². The number of pyridine rings is 2. The molecule has 1 saturated carbocycles. The Bertz CT molecular complexity index is 1880. The van der Waals surface area contributed by atoms with E-state index in [1.807, 2.05) is 26.9 Å². The van der Waals surface area contributed by atoms with Gasteiger partial charge in [0, 0.05) is 41.7 Å². The van der Waals surface area contributed by atoms with Crippen molar-refractivity contribution in [1.82, 2.24) is 23.8 Å². The van der Waals surface area contributed by atoms with Gasteiger partial charge in [0.1, 0.15) is 22.8 Å². The molecule has 1 aliphatic carbocycles. The minimum absolute atomic E-state index is 0.0127. The maximum Gasteiger partial charge on any atom is 0.329 e. The molecule has 0 unspecified atom stereocenters. The molecule has 7 rings (SSSR count). The van der Waals surface area contributed by atoms with Crippen molar-refractivity contribution in [1.29, 1.82) is 0 Å². The Morgan fingerprint density at radius 2 is 1.93 bits per heavy atom. The molecule has 3 atom stereocenters. The average molecular weight is 614 g/mol.